The van der Waals surface area contributed by atoms with Crippen molar-refractivity contribution in [3.8, 4) is 5.75 Å². The summed E-state index contributed by atoms with van der Waals surface area (Å²) in [5.74, 6) is 0.573. The van der Waals surface area contributed by atoms with E-state index in [0.29, 0.717) is 36.3 Å². The fourth-order valence-corrected chi connectivity index (χ4v) is 5.70. The van der Waals surface area contributed by atoms with Gasteiger partial charge in [-0.25, -0.2) is 8.42 Å². The van der Waals surface area contributed by atoms with Crippen LogP contribution in [0.2, 0.25) is 10.0 Å². The molecular formula is C19H14Cl2N4O4S. The van der Waals surface area contributed by atoms with E-state index < -0.39 is 10.0 Å². The number of hydrogen-bond donors (Lipinski definition) is 1. The van der Waals surface area contributed by atoms with Crippen molar-refractivity contribution in [2.45, 2.75) is 17.9 Å². The maximum atomic E-state index is 12.9. The second-order valence-electron chi connectivity index (χ2n) is 6.71. The highest BCUT2D eigenvalue weighted by Crippen LogP contribution is 2.42. The molecule has 0 radical (unpaired) electrons. The molecule has 0 spiro atoms. The van der Waals surface area contributed by atoms with Gasteiger partial charge in [0, 0.05) is 24.4 Å². The SMILES string of the molecule is O=S(=O)(Nc1noc2cc(Cn3cccn3)c3c(c12)OCC3)c1c(Cl)cccc1Cl. The molecule has 1 N–H and O–H groups in total. The van der Waals surface area contributed by atoms with Crippen LogP contribution < -0.4 is 9.46 Å². The molecular weight excluding hydrogens is 451 g/mol. The first-order chi connectivity index (χ1) is 14.4. The second-order valence-corrected chi connectivity index (χ2v) is 9.14. The van der Waals surface area contributed by atoms with Gasteiger partial charge in [-0.05, 0) is 29.8 Å². The molecule has 0 amide bonds. The van der Waals surface area contributed by atoms with Crippen molar-refractivity contribution in [3.05, 3.63) is 63.9 Å². The number of aromatic nitrogens is 3. The number of sulfonamides is 1. The molecule has 11 heteroatoms. The van der Waals surface area contributed by atoms with Crippen molar-refractivity contribution in [1.29, 1.82) is 0 Å². The molecule has 0 fully saturated rings. The Kier molecular flexibility index (Phi) is 4.61. The molecule has 0 saturated heterocycles. The van der Waals surface area contributed by atoms with Gasteiger partial charge in [-0.3, -0.25) is 9.40 Å². The summed E-state index contributed by atoms with van der Waals surface area (Å²) in [5.41, 5.74) is 2.34. The molecule has 2 aromatic heterocycles. The molecule has 2 aromatic carbocycles. The van der Waals surface area contributed by atoms with Crippen LogP contribution in [0.15, 0.2) is 52.1 Å². The minimum absolute atomic E-state index is 0.00536. The lowest BCUT2D eigenvalue weighted by molar-refractivity contribution is 0.360. The molecule has 1 aliphatic rings. The quantitative estimate of drug-likeness (QED) is 0.476. The summed E-state index contributed by atoms with van der Waals surface area (Å²) < 4.78 is 41.4. The van der Waals surface area contributed by atoms with Gasteiger partial charge >= 0.3 is 0 Å². The van der Waals surface area contributed by atoms with Gasteiger partial charge in [-0.1, -0.05) is 34.4 Å². The molecule has 0 atom stereocenters. The van der Waals surface area contributed by atoms with E-state index in [1.165, 1.54) is 12.1 Å². The summed E-state index contributed by atoms with van der Waals surface area (Å²) in [6.45, 7) is 1.01. The maximum Gasteiger partial charge on any atom is 0.266 e. The molecule has 1 aliphatic heterocycles. The first-order valence-electron chi connectivity index (χ1n) is 8.95. The van der Waals surface area contributed by atoms with Gasteiger partial charge in [0.25, 0.3) is 10.0 Å². The minimum atomic E-state index is -4.11. The number of benzene rings is 2. The lowest BCUT2D eigenvalue weighted by Gasteiger charge is -2.11. The topological polar surface area (TPSA) is 99.2 Å². The van der Waals surface area contributed by atoms with E-state index in [9.17, 15) is 8.42 Å². The van der Waals surface area contributed by atoms with Gasteiger partial charge in [0.15, 0.2) is 11.4 Å². The molecule has 4 aromatic rings. The first kappa shape index (κ1) is 19.2. The molecule has 8 nitrogen and oxygen atoms in total. The molecule has 3 heterocycles. The molecule has 5 rings (SSSR count). The number of nitrogens with zero attached hydrogens (tertiary/aromatic N) is 3. The van der Waals surface area contributed by atoms with Crippen LogP contribution in [0.4, 0.5) is 5.82 Å². The van der Waals surface area contributed by atoms with Crippen LogP contribution >= 0.6 is 23.2 Å². The predicted molar refractivity (Wildman–Crippen MR) is 112 cm³/mol. The Bertz CT molecular complexity index is 1350. The predicted octanol–water partition coefficient (Wildman–Crippen LogP) is 4.12. The number of nitrogens with one attached hydrogen (secondary N) is 1. The van der Waals surface area contributed by atoms with Crippen molar-refractivity contribution in [2.75, 3.05) is 11.3 Å². The van der Waals surface area contributed by atoms with E-state index in [4.69, 9.17) is 32.5 Å². The number of hydrogen-bond acceptors (Lipinski definition) is 6. The van der Waals surface area contributed by atoms with Gasteiger partial charge in [0.1, 0.15) is 16.0 Å². The Morgan fingerprint density at radius 3 is 2.73 bits per heavy atom. The summed E-state index contributed by atoms with van der Waals surface area (Å²) in [5, 5.41) is 8.63. The van der Waals surface area contributed by atoms with Crippen LogP contribution in [0.3, 0.4) is 0 Å². The van der Waals surface area contributed by atoms with Gasteiger partial charge in [-0.15, -0.1) is 0 Å². The monoisotopic (exact) mass is 464 g/mol. The Hall–Kier alpha value is -2.75. The van der Waals surface area contributed by atoms with E-state index in [1.807, 2.05) is 18.3 Å². The standard InChI is InChI=1S/C19H14Cl2N4O4S/c20-13-3-1-4-14(21)18(13)30(26,27)24-19-16-15(29-23-19)9-11(10-25-7-2-6-22-25)12-5-8-28-17(12)16/h1-4,6-7,9H,5,8,10H2,(H,23,24). The highest BCUT2D eigenvalue weighted by molar-refractivity contribution is 7.93. The van der Waals surface area contributed by atoms with Crippen molar-refractivity contribution < 1.29 is 17.7 Å². The third-order valence-electron chi connectivity index (χ3n) is 4.82. The highest BCUT2D eigenvalue weighted by atomic mass is 35.5. The molecule has 30 heavy (non-hydrogen) atoms. The van der Waals surface area contributed by atoms with Gasteiger partial charge in [0.2, 0.25) is 0 Å². The van der Waals surface area contributed by atoms with E-state index in [0.717, 1.165) is 11.1 Å². The number of fused-ring (bicyclic) bond motifs is 3. The first-order valence-corrected chi connectivity index (χ1v) is 11.2. The van der Waals surface area contributed by atoms with Gasteiger partial charge in [0.05, 0.1) is 23.2 Å². The van der Waals surface area contributed by atoms with Crippen LogP contribution in [0.25, 0.3) is 11.0 Å². The summed E-state index contributed by atoms with van der Waals surface area (Å²) in [7, 11) is -4.11. The smallest absolute Gasteiger partial charge is 0.266 e. The minimum Gasteiger partial charge on any atom is -0.492 e. The Morgan fingerprint density at radius 1 is 1.20 bits per heavy atom. The third kappa shape index (κ3) is 3.19. The van der Waals surface area contributed by atoms with Crippen LogP contribution in [0.1, 0.15) is 11.1 Å². The summed E-state index contributed by atoms with van der Waals surface area (Å²) >= 11 is 12.1. The largest absolute Gasteiger partial charge is 0.492 e. The fraction of sp³-hybridized carbons (Fsp3) is 0.158. The van der Waals surface area contributed by atoms with Crippen molar-refractivity contribution in [1.82, 2.24) is 14.9 Å². The van der Waals surface area contributed by atoms with Crippen LogP contribution in [-0.2, 0) is 23.0 Å². The highest BCUT2D eigenvalue weighted by Gasteiger charge is 2.29. The Morgan fingerprint density at radius 2 is 2.00 bits per heavy atom. The normalized spacial score (nSPS) is 13.4. The molecule has 0 bridgehead atoms. The van der Waals surface area contributed by atoms with Crippen LogP contribution in [-0.4, -0.2) is 30.0 Å². The molecule has 154 valence electrons. The Balaban J connectivity index is 1.59. The summed E-state index contributed by atoms with van der Waals surface area (Å²) in [6, 6.07) is 8.14. The number of rotatable bonds is 5. The van der Waals surface area contributed by atoms with Crippen molar-refractivity contribution in [2.24, 2.45) is 0 Å². The lowest BCUT2D eigenvalue weighted by atomic mass is 10.0. The zero-order chi connectivity index (χ0) is 20.9. The van der Waals surface area contributed by atoms with Crippen molar-refractivity contribution in [3.63, 3.8) is 0 Å². The molecule has 0 saturated carbocycles. The van der Waals surface area contributed by atoms with E-state index in [-0.39, 0.29) is 20.8 Å². The van der Waals surface area contributed by atoms with Crippen LogP contribution in [0, 0.1) is 0 Å². The second kappa shape index (κ2) is 7.19. The van der Waals surface area contributed by atoms with E-state index in [2.05, 4.69) is 15.0 Å². The number of halogens is 2. The molecule has 0 unspecified atom stereocenters. The maximum absolute atomic E-state index is 12.9. The summed E-state index contributed by atoms with van der Waals surface area (Å²) in [6.07, 6.45) is 4.26. The number of anilines is 1. The third-order valence-corrected chi connectivity index (χ3v) is 7.11. The van der Waals surface area contributed by atoms with E-state index in [1.54, 1.807) is 16.9 Å². The Labute approximate surface area is 181 Å². The van der Waals surface area contributed by atoms with Gasteiger partial charge in [-0.2, -0.15) is 5.10 Å². The average Bonchev–Trinajstić information content (AvgIpc) is 3.42. The lowest BCUT2D eigenvalue weighted by Crippen LogP contribution is -2.14. The summed E-state index contributed by atoms with van der Waals surface area (Å²) in [4.78, 5) is -0.225. The van der Waals surface area contributed by atoms with Crippen molar-refractivity contribution >= 4 is 50.0 Å². The van der Waals surface area contributed by atoms with Crippen LogP contribution in [0.5, 0.6) is 5.75 Å². The number of ether oxygens (including phenoxy) is 1. The van der Waals surface area contributed by atoms with Gasteiger partial charge < -0.3 is 9.26 Å². The zero-order valence-corrected chi connectivity index (χ0v) is 17.6. The average molecular weight is 465 g/mol. The molecule has 0 aliphatic carbocycles. The fourth-order valence-electron chi connectivity index (χ4n) is 3.55. The zero-order valence-electron chi connectivity index (χ0n) is 15.3. The van der Waals surface area contributed by atoms with E-state index >= 15 is 0 Å².